The van der Waals surface area contributed by atoms with Gasteiger partial charge in [-0.3, -0.25) is 4.79 Å². The van der Waals surface area contributed by atoms with Gasteiger partial charge >= 0.3 is 0 Å². The number of anilines is 2. The zero-order valence-corrected chi connectivity index (χ0v) is 11.1. The van der Waals surface area contributed by atoms with Crippen molar-refractivity contribution in [3.8, 4) is 0 Å². The van der Waals surface area contributed by atoms with Crippen LogP contribution in [-0.2, 0) is 11.3 Å². The summed E-state index contributed by atoms with van der Waals surface area (Å²) in [6, 6.07) is 6.36. The maximum Gasteiger partial charge on any atom is 0.230 e. The number of benzene rings is 1. The Morgan fingerprint density at radius 1 is 1.21 bits per heavy atom. The molecule has 1 aromatic carbocycles. The minimum absolute atomic E-state index is 0.298. The van der Waals surface area contributed by atoms with E-state index >= 15 is 0 Å². The molecule has 0 aromatic heterocycles. The van der Waals surface area contributed by atoms with E-state index in [1.807, 2.05) is 4.90 Å². The van der Waals surface area contributed by atoms with Gasteiger partial charge < -0.3 is 15.1 Å². The second-order valence-electron chi connectivity index (χ2n) is 5.71. The van der Waals surface area contributed by atoms with Crippen molar-refractivity contribution in [2.75, 3.05) is 36.0 Å². The molecule has 2 aliphatic heterocycles. The fourth-order valence-electron chi connectivity index (χ4n) is 3.20. The number of para-hydroxylation sites is 1. The molecule has 3 aliphatic rings. The molecule has 0 saturated heterocycles. The summed E-state index contributed by atoms with van der Waals surface area (Å²) in [4.78, 5) is 16.9. The predicted octanol–water partition coefficient (Wildman–Crippen LogP) is 1.35. The van der Waals surface area contributed by atoms with Gasteiger partial charge in [-0.2, -0.15) is 0 Å². The molecule has 19 heavy (non-hydrogen) atoms. The zero-order chi connectivity index (χ0) is 12.8. The first-order valence-corrected chi connectivity index (χ1v) is 7.23. The fourth-order valence-corrected chi connectivity index (χ4v) is 3.20. The zero-order valence-electron chi connectivity index (χ0n) is 11.1. The van der Waals surface area contributed by atoms with Gasteiger partial charge in [-0.1, -0.05) is 12.1 Å². The molecule has 1 amide bonds. The van der Waals surface area contributed by atoms with E-state index in [2.05, 4.69) is 28.4 Å². The first kappa shape index (κ1) is 11.3. The summed E-state index contributed by atoms with van der Waals surface area (Å²) in [5, 5.41) is 3.46. The van der Waals surface area contributed by atoms with Gasteiger partial charge in [0.2, 0.25) is 5.91 Å². The van der Waals surface area contributed by atoms with Crippen LogP contribution in [0.2, 0.25) is 0 Å². The summed E-state index contributed by atoms with van der Waals surface area (Å²) >= 11 is 0. The highest BCUT2D eigenvalue weighted by Gasteiger charge is 2.37. The molecule has 0 bridgehead atoms. The van der Waals surface area contributed by atoms with E-state index in [1.165, 1.54) is 11.3 Å². The molecule has 2 heterocycles. The number of rotatable bonds is 1. The van der Waals surface area contributed by atoms with Crippen molar-refractivity contribution in [1.29, 1.82) is 0 Å². The van der Waals surface area contributed by atoms with Crippen molar-refractivity contribution in [3.05, 3.63) is 23.8 Å². The van der Waals surface area contributed by atoms with E-state index in [0.29, 0.717) is 11.8 Å². The molecule has 4 rings (SSSR count). The summed E-state index contributed by atoms with van der Waals surface area (Å²) < 4.78 is 0. The van der Waals surface area contributed by atoms with E-state index in [4.69, 9.17) is 0 Å². The van der Waals surface area contributed by atoms with Crippen LogP contribution in [-0.4, -0.2) is 32.1 Å². The summed E-state index contributed by atoms with van der Waals surface area (Å²) in [5.41, 5.74) is 3.74. The van der Waals surface area contributed by atoms with Crippen molar-refractivity contribution in [3.63, 3.8) is 0 Å². The van der Waals surface area contributed by atoms with Gasteiger partial charge in [0.15, 0.2) is 0 Å². The minimum atomic E-state index is 0.298. The maximum atomic E-state index is 12.4. The molecular weight excluding hydrogens is 238 g/mol. The number of hydrogen-bond acceptors (Lipinski definition) is 3. The first-order chi connectivity index (χ1) is 9.34. The average molecular weight is 257 g/mol. The lowest BCUT2D eigenvalue weighted by Crippen LogP contribution is -2.45. The molecule has 4 nitrogen and oxygen atoms in total. The number of amides is 1. The topological polar surface area (TPSA) is 35.6 Å². The Kier molecular flexibility index (Phi) is 2.52. The van der Waals surface area contributed by atoms with Gasteiger partial charge in [0.05, 0.1) is 11.4 Å². The van der Waals surface area contributed by atoms with Gasteiger partial charge in [0.25, 0.3) is 0 Å². The summed E-state index contributed by atoms with van der Waals surface area (Å²) in [5.74, 6) is 0.636. The van der Waals surface area contributed by atoms with E-state index in [0.717, 1.165) is 51.3 Å². The van der Waals surface area contributed by atoms with Gasteiger partial charge in [-0.15, -0.1) is 0 Å². The van der Waals surface area contributed by atoms with Crippen molar-refractivity contribution >= 4 is 17.3 Å². The average Bonchev–Trinajstić information content (AvgIpc) is 3.26. The van der Waals surface area contributed by atoms with Crippen LogP contribution >= 0.6 is 0 Å². The van der Waals surface area contributed by atoms with E-state index < -0.39 is 0 Å². The van der Waals surface area contributed by atoms with Crippen LogP contribution in [0.3, 0.4) is 0 Å². The lowest BCUT2D eigenvalue weighted by Gasteiger charge is -2.38. The van der Waals surface area contributed by atoms with Crippen LogP contribution in [0.4, 0.5) is 11.4 Å². The molecule has 100 valence electrons. The van der Waals surface area contributed by atoms with Crippen LogP contribution in [0.5, 0.6) is 0 Å². The smallest absolute Gasteiger partial charge is 0.230 e. The lowest BCUT2D eigenvalue weighted by atomic mass is 10.1. The highest BCUT2D eigenvalue weighted by atomic mass is 16.2. The summed E-state index contributed by atoms with van der Waals surface area (Å²) in [6.07, 6.45) is 2.16. The predicted molar refractivity (Wildman–Crippen MR) is 75.4 cm³/mol. The lowest BCUT2D eigenvalue weighted by molar-refractivity contribution is -0.119. The summed E-state index contributed by atoms with van der Waals surface area (Å²) in [7, 11) is 0. The molecule has 1 aromatic rings. The van der Waals surface area contributed by atoms with Gasteiger partial charge in [-0.25, -0.2) is 0 Å². The highest BCUT2D eigenvalue weighted by molar-refractivity contribution is 6.00. The third kappa shape index (κ3) is 1.82. The normalized spacial score (nSPS) is 21.9. The fraction of sp³-hybridized carbons (Fsp3) is 0.533. The van der Waals surface area contributed by atoms with E-state index in [-0.39, 0.29) is 0 Å². The molecule has 1 aliphatic carbocycles. The Labute approximate surface area is 113 Å². The van der Waals surface area contributed by atoms with Crippen LogP contribution in [0.15, 0.2) is 18.2 Å². The van der Waals surface area contributed by atoms with Gasteiger partial charge in [-0.05, 0) is 24.5 Å². The number of nitrogens with zero attached hydrogens (tertiary/aromatic N) is 2. The monoisotopic (exact) mass is 257 g/mol. The SMILES string of the molecule is O=C(C1CC1)N1CCN2CCNCc3cccc1c32. The molecule has 0 radical (unpaired) electrons. The molecule has 0 unspecified atom stereocenters. The Bertz CT molecular complexity index is 524. The largest absolute Gasteiger partial charge is 0.367 e. The number of carbonyl (C=O) groups excluding carboxylic acids is 1. The maximum absolute atomic E-state index is 12.4. The van der Waals surface area contributed by atoms with Gasteiger partial charge in [0, 0.05) is 38.6 Å². The van der Waals surface area contributed by atoms with E-state index in [1.54, 1.807) is 0 Å². The molecule has 0 spiro atoms. The van der Waals surface area contributed by atoms with Crippen LogP contribution < -0.4 is 15.1 Å². The van der Waals surface area contributed by atoms with Crippen molar-refractivity contribution in [2.24, 2.45) is 5.92 Å². The number of hydrogen-bond donors (Lipinski definition) is 1. The first-order valence-electron chi connectivity index (χ1n) is 7.23. The van der Waals surface area contributed by atoms with Gasteiger partial charge in [0.1, 0.15) is 0 Å². The third-order valence-corrected chi connectivity index (χ3v) is 4.37. The molecule has 4 heteroatoms. The van der Waals surface area contributed by atoms with Crippen LogP contribution in [0.1, 0.15) is 18.4 Å². The second kappa shape index (κ2) is 4.23. The Morgan fingerprint density at radius 2 is 2.11 bits per heavy atom. The van der Waals surface area contributed by atoms with Crippen molar-refractivity contribution in [1.82, 2.24) is 5.32 Å². The van der Waals surface area contributed by atoms with Crippen LogP contribution in [0, 0.1) is 5.92 Å². The van der Waals surface area contributed by atoms with Crippen LogP contribution in [0.25, 0.3) is 0 Å². The Morgan fingerprint density at radius 3 is 2.95 bits per heavy atom. The molecule has 0 atom stereocenters. The van der Waals surface area contributed by atoms with E-state index in [9.17, 15) is 4.79 Å². The number of carbonyl (C=O) groups is 1. The Hall–Kier alpha value is -1.55. The summed E-state index contributed by atoms with van der Waals surface area (Å²) in [6.45, 7) is 4.77. The quantitative estimate of drug-likeness (QED) is 0.825. The second-order valence-corrected chi connectivity index (χ2v) is 5.71. The third-order valence-electron chi connectivity index (χ3n) is 4.37. The standard InChI is InChI=1S/C15H19N3O/c19-15(11-4-5-11)18-9-8-17-7-6-16-10-12-2-1-3-13(18)14(12)17/h1-3,11,16H,4-10H2. The molecule has 1 N–H and O–H groups in total. The molecule has 1 fully saturated rings. The molecule has 1 saturated carbocycles. The Balaban J connectivity index is 1.78. The van der Waals surface area contributed by atoms with Crippen molar-refractivity contribution < 1.29 is 4.79 Å². The highest BCUT2D eigenvalue weighted by Crippen LogP contribution is 2.40. The van der Waals surface area contributed by atoms with Crippen molar-refractivity contribution in [2.45, 2.75) is 19.4 Å². The number of nitrogens with one attached hydrogen (secondary N) is 1. The molecular formula is C15H19N3O. The minimum Gasteiger partial charge on any atom is -0.367 e.